The third-order valence-corrected chi connectivity index (χ3v) is 11.1. The summed E-state index contributed by atoms with van der Waals surface area (Å²) in [5, 5.41) is 18.4. The molecule has 0 fully saturated rings. The molecular weight excluding hydrogens is 848 g/mol. The molecule has 10 heteroatoms. The van der Waals surface area contributed by atoms with Gasteiger partial charge >= 0.3 is 13.8 Å². The van der Waals surface area contributed by atoms with Gasteiger partial charge in [-0.15, -0.1) is 0 Å². The van der Waals surface area contributed by atoms with Crippen LogP contribution in [0.2, 0.25) is 0 Å². The van der Waals surface area contributed by atoms with E-state index in [4.69, 9.17) is 23.6 Å². The summed E-state index contributed by atoms with van der Waals surface area (Å²) in [6.07, 6.45) is 68.8. The lowest BCUT2D eigenvalue weighted by molar-refractivity contribution is -0.154. The van der Waals surface area contributed by atoms with Gasteiger partial charge in [0.25, 0.3) is 0 Å². The van der Waals surface area contributed by atoms with Gasteiger partial charge in [-0.05, 0) is 109 Å². The molecular formula is C56H93O9P. The predicted molar refractivity (Wildman–Crippen MR) is 278 cm³/mol. The van der Waals surface area contributed by atoms with Crippen LogP contribution in [0, 0.1) is 0 Å². The summed E-state index contributed by atoms with van der Waals surface area (Å²) >= 11 is 0. The molecule has 0 aliphatic carbocycles. The molecule has 0 rings (SSSR count). The zero-order valence-electron chi connectivity index (χ0n) is 41.4. The first-order chi connectivity index (χ1) is 32.3. The summed E-state index contributed by atoms with van der Waals surface area (Å²) in [7, 11) is -4.55. The van der Waals surface area contributed by atoms with Gasteiger partial charge in [-0.3, -0.25) is 13.8 Å². The van der Waals surface area contributed by atoms with Crippen LogP contribution in [0.4, 0.5) is 0 Å². The number of carbonyl (C=O) groups excluding carboxylic acids is 1. The molecule has 0 saturated heterocycles. The molecule has 0 amide bonds. The number of rotatable bonds is 47. The van der Waals surface area contributed by atoms with Crippen molar-refractivity contribution in [1.82, 2.24) is 0 Å². The van der Waals surface area contributed by atoms with Gasteiger partial charge in [0.15, 0.2) is 0 Å². The zero-order chi connectivity index (χ0) is 48.1. The van der Waals surface area contributed by atoms with E-state index in [0.29, 0.717) is 13.0 Å². The van der Waals surface area contributed by atoms with Crippen molar-refractivity contribution in [1.29, 1.82) is 0 Å². The summed E-state index contributed by atoms with van der Waals surface area (Å²) in [5.41, 5.74) is 0. The third kappa shape index (κ3) is 50.3. The molecule has 0 heterocycles. The number of hydrogen-bond acceptors (Lipinski definition) is 8. The number of hydrogen-bond donors (Lipinski definition) is 3. The Morgan fingerprint density at radius 1 is 0.485 bits per heavy atom. The van der Waals surface area contributed by atoms with E-state index in [1.54, 1.807) is 0 Å². The fourth-order valence-electron chi connectivity index (χ4n) is 6.28. The van der Waals surface area contributed by atoms with Crippen molar-refractivity contribution in [3.05, 3.63) is 122 Å². The highest BCUT2D eigenvalue weighted by atomic mass is 31.2. The molecule has 3 N–H and O–H groups in total. The van der Waals surface area contributed by atoms with Crippen LogP contribution < -0.4 is 0 Å². The molecule has 0 radical (unpaired) electrons. The van der Waals surface area contributed by atoms with Crippen molar-refractivity contribution in [2.45, 2.75) is 193 Å². The van der Waals surface area contributed by atoms with E-state index in [-0.39, 0.29) is 13.0 Å². The number of unbranched alkanes of at least 4 members (excludes halogenated alkanes) is 13. The molecule has 0 saturated carbocycles. The fourth-order valence-corrected chi connectivity index (χ4v) is 7.07. The maximum Gasteiger partial charge on any atom is 0.472 e. The third-order valence-electron chi connectivity index (χ3n) is 10.1. The van der Waals surface area contributed by atoms with Gasteiger partial charge in [-0.2, -0.15) is 0 Å². The molecule has 66 heavy (non-hydrogen) atoms. The Morgan fingerprint density at radius 3 is 1.30 bits per heavy atom. The zero-order valence-corrected chi connectivity index (χ0v) is 42.3. The van der Waals surface area contributed by atoms with E-state index in [1.807, 2.05) is 0 Å². The first kappa shape index (κ1) is 62.9. The maximum absolute atomic E-state index is 12.7. The second-order valence-electron chi connectivity index (χ2n) is 16.4. The number of ether oxygens (including phenoxy) is 2. The summed E-state index contributed by atoms with van der Waals surface area (Å²) in [6.45, 7) is 3.24. The Balaban J connectivity index is 4.26. The van der Waals surface area contributed by atoms with Crippen molar-refractivity contribution in [2.75, 3.05) is 33.0 Å². The van der Waals surface area contributed by atoms with Crippen LogP contribution in [0.25, 0.3) is 0 Å². The van der Waals surface area contributed by atoms with E-state index in [0.717, 1.165) is 116 Å². The lowest BCUT2D eigenvalue weighted by Gasteiger charge is -2.20. The molecule has 0 aromatic carbocycles. The predicted octanol–water partition coefficient (Wildman–Crippen LogP) is 15.1. The molecule has 0 bridgehead atoms. The number of aliphatic hydroxyl groups is 2. The van der Waals surface area contributed by atoms with Crippen molar-refractivity contribution >= 4 is 13.8 Å². The molecule has 376 valence electrons. The quantitative estimate of drug-likeness (QED) is 0.0236. The average Bonchev–Trinajstić information content (AvgIpc) is 3.31. The SMILES string of the molecule is CC/C=C\C/C=C\C/C=C\C/C=C\C/C=C\C/C=C\C/C=C\CCCCOCC(COP(=O)(O)OCC(O)CO)OC(=O)CCCCCCCC/C=C\C/C=C\C/C=C\CCCCCCC. The minimum atomic E-state index is -4.55. The van der Waals surface area contributed by atoms with Crippen LogP contribution in [-0.4, -0.2) is 66.3 Å². The van der Waals surface area contributed by atoms with Crippen LogP contribution in [0.3, 0.4) is 0 Å². The van der Waals surface area contributed by atoms with Crippen molar-refractivity contribution in [3.63, 3.8) is 0 Å². The first-order valence-corrected chi connectivity index (χ1v) is 27.0. The van der Waals surface area contributed by atoms with Crippen LogP contribution >= 0.6 is 7.82 Å². The lowest BCUT2D eigenvalue weighted by atomic mass is 10.1. The molecule has 3 atom stereocenters. The van der Waals surface area contributed by atoms with Crippen molar-refractivity contribution in [2.24, 2.45) is 0 Å². The highest BCUT2D eigenvalue weighted by Crippen LogP contribution is 2.43. The maximum atomic E-state index is 12.7. The number of phosphoric acid groups is 1. The summed E-state index contributed by atoms with van der Waals surface area (Å²) in [4.78, 5) is 22.7. The monoisotopic (exact) mass is 941 g/mol. The minimum absolute atomic E-state index is 0.00487. The van der Waals surface area contributed by atoms with Gasteiger partial charge in [0.05, 0.1) is 26.4 Å². The fraction of sp³-hybridized carbons (Fsp3) is 0.625. The number of phosphoric ester groups is 1. The molecule has 0 aliphatic rings. The summed E-state index contributed by atoms with van der Waals surface area (Å²) in [6, 6.07) is 0. The molecule has 3 unspecified atom stereocenters. The number of esters is 1. The minimum Gasteiger partial charge on any atom is -0.457 e. The Labute approximate surface area is 402 Å². The molecule has 9 nitrogen and oxygen atoms in total. The van der Waals surface area contributed by atoms with Crippen molar-refractivity contribution < 1.29 is 43.0 Å². The van der Waals surface area contributed by atoms with Gasteiger partial charge in [0.1, 0.15) is 12.2 Å². The lowest BCUT2D eigenvalue weighted by Crippen LogP contribution is -2.29. The van der Waals surface area contributed by atoms with Gasteiger partial charge < -0.3 is 24.6 Å². The molecule has 0 spiro atoms. The largest absolute Gasteiger partial charge is 0.472 e. The van der Waals surface area contributed by atoms with E-state index in [1.165, 1.54) is 38.5 Å². The number of carbonyl (C=O) groups is 1. The van der Waals surface area contributed by atoms with Crippen LogP contribution in [0.1, 0.15) is 181 Å². The Kier molecular flexibility index (Phi) is 48.8. The van der Waals surface area contributed by atoms with E-state index >= 15 is 0 Å². The van der Waals surface area contributed by atoms with E-state index in [9.17, 15) is 19.4 Å². The van der Waals surface area contributed by atoms with Gasteiger partial charge in [0.2, 0.25) is 0 Å². The molecule has 0 aromatic heterocycles. The molecule has 0 aromatic rings. The van der Waals surface area contributed by atoms with Crippen molar-refractivity contribution in [3.8, 4) is 0 Å². The second-order valence-corrected chi connectivity index (χ2v) is 17.9. The van der Waals surface area contributed by atoms with Crippen LogP contribution in [0.5, 0.6) is 0 Å². The Morgan fingerprint density at radius 2 is 0.864 bits per heavy atom. The topological polar surface area (TPSA) is 132 Å². The smallest absolute Gasteiger partial charge is 0.457 e. The number of allylic oxidation sites excluding steroid dienone is 20. The van der Waals surface area contributed by atoms with E-state index < -0.39 is 45.8 Å². The normalized spacial score (nSPS) is 14.8. The first-order valence-electron chi connectivity index (χ1n) is 25.5. The average molecular weight is 941 g/mol. The van der Waals surface area contributed by atoms with Crippen LogP contribution in [0.15, 0.2) is 122 Å². The summed E-state index contributed by atoms with van der Waals surface area (Å²) in [5.74, 6) is -0.415. The van der Waals surface area contributed by atoms with Gasteiger partial charge in [-0.1, -0.05) is 187 Å². The standard InChI is InChI=1S/C56H93O9P/c1-3-5-7-9-11-13-15-17-19-21-23-25-26-27-29-31-33-35-37-39-41-43-45-47-49-62-52-55(53-64-66(60,61)63-51-54(58)50-57)65-56(59)48-46-44-42-40-38-36-34-32-30-28-24-22-20-18-16-14-12-10-8-6-4-2/h5,7,11,13,16-19,22-25,27,29-30,32-33,35,39,41,54-55,57-58H,3-4,6,8-10,12,14-15,20-21,26,28,31,34,36-38,40,42-53H2,1-2H3,(H,60,61)/b7-5-,13-11-,18-16-,19-17-,24-22-,25-23-,29-27-,32-30-,35-33-,41-39-. The van der Waals surface area contributed by atoms with Gasteiger partial charge in [-0.25, -0.2) is 4.57 Å². The Hall–Kier alpha value is -3.14. The highest BCUT2D eigenvalue weighted by molar-refractivity contribution is 7.47. The van der Waals surface area contributed by atoms with Crippen LogP contribution in [-0.2, 0) is 27.9 Å². The summed E-state index contributed by atoms with van der Waals surface area (Å²) < 4.78 is 33.4. The number of aliphatic hydroxyl groups excluding tert-OH is 2. The van der Waals surface area contributed by atoms with E-state index in [2.05, 4.69) is 135 Å². The second kappa shape index (κ2) is 51.3. The highest BCUT2D eigenvalue weighted by Gasteiger charge is 2.26. The van der Waals surface area contributed by atoms with Gasteiger partial charge in [0, 0.05) is 13.0 Å². The molecule has 0 aliphatic heterocycles. The Bertz CT molecular complexity index is 1440.